The number of aliphatic imine (C=N–C) groups is 1. The fourth-order valence-corrected chi connectivity index (χ4v) is 4.15. The number of methoxy groups -OCH3 is 1. The van der Waals surface area contributed by atoms with E-state index in [0.717, 1.165) is 6.20 Å². The second kappa shape index (κ2) is 7.96. The lowest BCUT2D eigenvalue weighted by molar-refractivity contribution is 0.0988. The minimum atomic E-state index is -2.64. The van der Waals surface area contributed by atoms with Gasteiger partial charge in [-0.15, -0.1) is 0 Å². The fraction of sp³-hybridized carbons (Fsp3) is 0.409. The van der Waals surface area contributed by atoms with E-state index in [1.807, 2.05) is 0 Å². The molecule has 0 unspecified atom stereocenters. The Hall–Kier alpha value is -2.94. The molecule has 6 nitrogen and oxygen atoms in total. The molecule has 4 rings (SSSR count). The smallest absolute Gasteiger partial charge is 0.195 e. The SMILES string of the molecule is [2H]C([2H])([2H])Oc1ccc(C(=O)Cc2ccc(F)c([C@]34COC[C@H]3C[C@@](F)(CF)C(N)=N4)c2)nc1. The van der Waals surface area contributed by atoms with Crippen LogP contribution in [0.1, 0.15) is 32.1 Å². The van der Waals surface area contributed by atoms with Crippen LogP contribution in [0.25, 0.3) is 0 Å². The van der Waals surface area contributed by atoms with Gasteiger partial charge in [-0.25, -0.2) is 18.2 Å². The first kappa shape index (κ1) is 17.7. The Morgan fingerprint density at radius 3 is 2.97 bits per heavy atom. The molecule has 1 fully saturated rings. The summed E-state index contributed by atoms with van der Waals surface area (Å²) in [4.78, 5) is 20.9. The standard InChI is InChI=1S/C22H22F3N3O3/c1-30-15-3-5-18(27-9-15)19(29)7-13-2-4-17(24)16(6-13)22-12-31-10-14(22)8-21(25,11-23)20(26)28-22/h2-6,9,14H,7-8,10-12H2,1H3,(H2,26,28)/t14-,21-,22+/m1/s1/i1D3. The van der Waals surface area contributed by atoms with E-state index in [0.29, 0.717) is 5.56 Å². The van der Waals surface area contributed by atoms with E-state index < -0.39 is 48.3 Å². The molecule has 0 saturated carbocycles. The van der Waals surface area contributed by atoms with Gasteiger partial charge in [-0.2, -0.15) is 0 Å². The summed E-state index contributed by atoms with van der Waals surface area (Å²) >= 11 is 0. The predicted octanol–water partition coefficient (Wildman–Crippen LogP) is 2.94. The maximum atomic E-state index is 14.9. The Morgan fingerprint density at radius 2 is 2.26 bits per heavy atom. The quantitative estimate of drug-likeness (QED) is 0.704. The zero-order valence-corrected chi connectivity index (χ0v) is 16.4. The van der Waals surface area contributed by atoms with Crippen molar-refractivity contribution < 1.29 is 31.6 Å². The molecule has 0 amide bonds. The van der Waals surface area contributed by atoms with Crippen LogP contribution in [0.5, 0.6) is 5.75 Å². The molecule has 1 aromatic carbocycles. The molecule has 2 aliphatic rings. The number of pyridine rings is 1. The third kappa shape index (κ3) is 3.67. The van der Waals surface area contributed by atoms with Crippen LogP contribution in [0.15, 0.2) is 41.5 Å². The molecule has 164 valence electrons. The summed E-state index contributed by atoms with van der Waals surface area (Å²) in [6.07, 6.45) is 0.691. The molecule has 0 radical (unpaired) electrons. The van der Waals surface area contributed by atoms with E-state index in [-0.39, 0.29) is 43.1 Å². The zero-order valence-electron chi connectivity index (χ0n) is 19.4. The molecule has 3 heterocycles. The van der Waals surface area contributed by atoms with Crippen molar-refractivity contribution in [2.75, 3.05) is 26.9 Å². The minimum absolute atomic E-state index is 0.0167. The Morgan fingerprint density at radius 1 is 1.42 bits per heavy atom. The number of nitrogens with zero attached hydrogens (tertiary/aromatic N) is 2. The summed E-state index contributed by atoms with van der Waals surface area (Å²) in [6, 6.07) is 6.72. The van der Waals surface area contributed by atoms with Crippen molar-refractivity contribution in [2.45, 2.75) is 24.0 Å². The highest BCUT2D eigenvalue weighted by atomic mass is 19.2. The number of hydrogen-bond donors (Lipinski definition) is 1. The van der Waals surface area contributed by atoms with E-state index >= 15 is 0 Å². The number of Topliss-reactive ketones (excluding diaryl/α,β-unsaturated/α-hetero) is 1. The molecule has 0 bridgehead atoms. The number of carbonyl (C=O) groups excluding carboxylic acids is 1. The zero-order chi connectivity index (χ0) is 24.7. The van der Waals surface area contributed by atoms with Gasteiger partial charge >= 0.3 is 0 Å². The van der Waals surface area contributed by atoms with E-state index in [2.05, 4.69) is 9.98 Å². The third-order valence-corrected chi connectivity index (χ3v) is 5.88. The van der Waals surface area contributed by atoms with Crippen molar-refractivity contribution in [1.82, 2.24) is 4.98 Å². The van der Waals surface area contributed by atoms with Crippen molar-refractivity contribution >= 4 is 11.6 Å². The van der Waals surface area contributed by atoms with Crippen LogP contribution in [0, 0.1) is 11.7 Å². The topological polar surface area (TPSA) is 86.8 Å². The molecule has 0 spiro atoms. The molecule has 1 aromatic heterocycles. The van der Waals surface area contributed by atoms with Crippen molar-refractivity contribution in [2.24, 2.45) is 16.6 Å². The Kier molecular flexibility index (Phi) is 4.55. The number of benzene rings is 1. The molecule has 2 aromatic rings. The van der Waals surface area contributed by atoms with Crippen molar-refractivity contribution in [3.8, 4) is 5.75 Å². The van der Waals surface area contributed by atoms with Gasteiger partial charge in [-0.3, -0.25) is 9.79 Å². The maximum absolute atomic E-state index is 14.9. The van der Waals surface area contributed by atoms with E-state index in [1.165, 1.54) is 30.3 Å². The van der Waals surface area contributed by atoms with Crippen molar-refractivity contribution in [3.63, 3.8) is 0 Å². The van der Waals surface area contributed by atoms with Gasteiger partial charge in [0.1, 0.15) is 35.3 Å². The average Bonchev–Trinajstić information content (AvgIpc) is 3.17. The van der Waals surface area contributed by atoms with E-state index in [1.54, 1.807) is 0 Å². The number of amidine groups is 1. The van der Waals surface area contributed by atoms with Gasteiger partial charge in [0.2, 0.25) is 0 Å². The first-order chi connectivity index (χ1) is 16.0. The van der Waals surface area contributed by atoms with Gasteiger partial charge in [-0.05, 0) is 36.2 Å². The minimum Gasteiger partial charge on any atom is -0.495 e. The van der Waals surface area contributed by atoms with Crippen molar-refractivity contribution in [3.05, 3.63) is 59.2 Å². The number of ketones is 1. The Balaban J connectivity index is 1.60. The second-order valence-electron chi connectivity index (χ2n) is 7.83. The molecular formula is C22H22F3N3O3. The molecule has 0 aliphatic carbocycles. The van der Waals surface area contributed by atoms with Gasteiger partial charge in [0.05, 0.1) is 30.6 Å². The summed E-state index contributed by atoms with van der Waals surface area (Å²) in [5, 5.41) is 0. The van der Waals surface area contributed by atoms with Crippen LogP contribution in [0.4, 0.5) is 13.2 Å². The number of hydrogen-bond acceptors (Lipinski definition) is 6. The molecule has 2 N–H and O–H groups in total. The maximum Gasteiger partial charge on any atom is 0.195 e. The lowest BCUT2D eigenvalue weighted by atomic mass is 9.72. The molecule has 2 aliphatic heterocycles. The number of aromatic nitrogens is 1. The number of nitrogens with two attached hydrogens (primary N) is 1. The molecule has 3 atom stereocenters. The monoisotopic (exact) mass is 436 g/mol. The predicted molar refractivity (Wildman–Crippen MR) is 107 cm³/mol. The van der Waals surface area contributed by atoms with Crippen LogP contribution in [-0.4, -0.2) is 49.2 Å². The van der Waals surface area contributed by atoms with Crippen LogP contribution >= 0.6 is 0 Å². The van der Waals surface area contributed by atoms with E-state index in [9.17, 15) is 18.0 Å². The molecule has 9 heteroatoms. The van der Waals surface area contributed by atoms with Crippen molar-refractivity contribution in [1.29, 1.82) is 0 Å². The Bertz CT molecular complexity index is 1130. The third-order valence-electron chi connectivity index (χ3n) is 5.88. The Labute approximate surface area is 181 Å². The largest absolute Gasteiger partial charge is 0.495 e. The number of halogens is 3. The molecule has 1 saturated heterocycles. The lowest BCUT2D eigenvalue weighted by Crippen LogP contribution is -2.53. The highest BCUT2D eigenvalue weighted by Crippen LogP contribution is 2.48. The van der Waals surface area contributed by atoms with Gasteiger partial charge in [0.25, 0.3) is 0 Å². The average molecular weight is 436 g/mol. The number of ether oxygens (including phenoxy) is 2. The summed E-state index contributed by atoms with van der Waals surface area (Å²) in [5.41, 5.74) is 2.61. The van der Waals surface area contributed by atoms with Gasteiger partial charge in [0.15, 0.2) is 11.5 Å². The number of fused-ring (bicyclic) bond motifs is 1. The van der Waals surface area contributed by atoms with E-state index in [4.69, 9.17) is 19.3 Å². The van der Waals surface area contributed by atoms with Gasteiger partial charge in [0, 0.05) is 17.9 Å². The van der Waals surface area contributed by atoms with Gasteiger partial charge < -0.3 is 15.2 Å². The summed E-state index contributed by atoms with van der Waals surface area (Å²) < 4.78 is 74.5. The summed E-state index contributed by atoms with van der Waals surface area (Å²) in [7, 11) is -2.64. The highest BCUT2D eigenvalue weighted by molar-refractivity contribution is 5.95. The number of alkyl halides is 2. The lowest BCUT2D eigenvalue weighted by Gasteiger charge is -2.40. The molecule has 31 heavy (non-hydrogen) atoms. The van der Waals surface area contributed by atoms with Crippen LogP contribution in [0.3, 0.4) is 0 Å². The van der Waals surface area contributed by atoms with Crippen LogP contribution in [0.2, 0.25) is 0 Å². The first-order valence-corrected chi connectivity index (χ1v) is 9.61. The van der Waals surface area contributed by atoms with Crippen LogP contribution in [-0.2, 0) is 16.7 Å². The summed E-state index contributed by atoms with van der Waals surface area (Å²) in [6.45, 7) is -1.32. The summed E-state index contributed by atoms with van der Waals surface area (Å²) in [5.74, 6) is -2.22. The highest BCUT2D eigenvalue weighted by Gasteiger charge is 2.56. The number of carbonyl (C=O) groups is 1. The second-order valence-corrected chi connectivity index (χ2v) is 7.83. The fourth-order valence-electron chi connectivity index (χ4n) is 4.15. The van der Waals surface area contributed by atoms with Gasteiger partial charge in [-0.1, -0.05) is 6.07 Å². The molecular weight excluding hydrogens is 411 g/mol. The van der Waals surface area contributed by atoms with Crippen LogP contribution < -0.4 is 10.5 Å². The first-order valence-electron chi connectivity index (χ1n) is 11.1. The number of rotatable bonds is 6. The normalized spacial score (nSPS) is 29.3.